The van der Waals surface area contributed by atoms with E-state index in [2.05, 4.69) is 15.3 Å². The predicted molar refractivity (Wildman–Crippen MR) is 97.4 cm³/mol. The van der Waals surface area contributed by atoms with Gasteiger partial charge in [0.05, 0.1) is 41.1 Å². The van der Waals surface area contributed by atoms with Gasteiger partial charge in [0.15, 0.2) is 0 Å². The number of aromatic nitrogens is 2. The molecule has 2 aromatic heterocycles. The SMILES string of the molecule is Cc1cc([C@H]2[C@H]3O[C@H](C[C@@H]3O)[C@H]2C(=O)Nc2cnc(Cl)c(Cl)c2)ccn1. The highest BCUT2D eigenvalue weighted by atomic mass is 35.5. The number of pyridine rings is 2. The number of amides is 1. The number of fused-ring (bicyclic) bond motifs is 2. The summed E-state index contributed by atoms with van der Waals surface area (Å²) < 4.78 is 5.91. The van der Waals surface area contributed by atoms with Crippen LogP contribution in [0.25, 0.3) is 0 Å². The molecule has 6 nitrogen and oxygen atoms in total. The lowest BCUT2D eigenvalue weighted by atomic mass is 9.74. The minimum atomic E-state index is -0.575. The summed E-state index contributed by atoms with van der Waals surface area (Å²) in [4.78, 5) is 21.1. The first-order valence-electron chi connectivity index (χ1n) is 8.32. The van der Waals surface area contributed by atoms with Crippen LogP contribution in [0.15, 0.2) is 30.6 Å². The summed E-state index contributed by atoms with van der Waals surface area (Å²) in [6, 6.07) is 5.36. The van der Waals surface area contributed by atoms with E-state index in [1.165, 1.54) is 6.20 Å². The van der Waals surface area contributed by atoms with Crippen molar-refractivity contribution >= 4 is 34.8 Å². The molecule has 0 aromatic carbocycles. The molecule has 0 unspecified atom stereocenters. The molecule has 0 radical (unpaired) electrons. The van der Waals surface area contributed by atoms with E-state index < -0.39 is 18.1 Å². The lowest BCUT2D eigenvalue weighted by Crippen LogP contribution is -2.41. The van der Waals surface area contributed by atoms with Crippen molar-refractivity contribution in [2.45, 2.75) is 37.6 Å². The number of rotatable bonds is 3. The third-order valence-corrected chi connectivity index (χ3v) is 5.68. The second kappa shape index (κ2) is 6.78. The van der Waals surface area contributed by atoms with E-state index in [9.17, 15) is 9.90 Å². The molecule has 8 heteroatoms. The number of nitrogens with zero attached hydrogens (tertiary/aromatic N) is 2. The van der Waals surface area contributed by atoms with Gasteiger partial charge in [0.2, 0.25) is 5.91 Å². The Balaban J connectivity index is 1.62. The van der Waals surface area contributed by atoms with Gasteiger partial charge in [-0.05, 0) is 30.7 Å². The van der Waals surface area contributed by atoms with Crippen LogP contribution in [0.5, 0.6) is 0 Å². The molecule has 0 spiro atoms. The molecule has 4 heterocycles. The summed E-state index contributed by atoms with van der Waals surface area (Å²) in [5.74, 6) is -0.843. The number of aliphatic hydroxyl groups excluding tert-OH is 1. The maximum absolute atomic E-state index is 13.0. The van der Waals surface area contributed by atoms with Crippen molar-refractivity contribution in [1.82, 2.24) is 9.97 Å². The van der Waals surface area contributed by atoms with Gasteiger partial charge in [0.25, 0.3) is 0 Å². The van der Waals surface area contributed by atoms with E-state index in [1.54, 1.807) is 12.3 Å². The maximum atomic E-state index is 13.0. The van der Waals surface area contributed by atoms with Crippen LogP contribution in [0.2, 0.25) is 10.2 Å². The summed E-state index contributed by atoms with van der Waals surface area (Å²) in [5.41, 5.74) is 2.26. The van der Waals surface area contributed by atoms with E-state index in [0.29, 0.717) is 12.1 Å². The van der Waals surface area contributed by atoms with Crippen LogP contribution in [0.1, 0.15) is 23.6 Å². The number of anilines is 1. The van der Waals surface area contributed by atoms with Gasteiger partial charge >= 0.3 is 0 Å². The highest BCUT2D eigenvalue weighted by Gasteiger charge is 2.56. The zero-order valence-corrected chi connectivity index (χ0v) is 15.4. The molecule has 136 valence electrons. The lowest BCUT2D eigenvalue weighted by molar-refractivity contribution is -0.121. The van der Waals surface area contributed by atoms with Crippen molar-refractivity contribution < 1.29 is 14.6 Å². The van der Waals surface area contributed by atoms with E-state index in [0.717, 1.165) is 11.3 Å². The molecule has 2 N–H and O–H groups in total. The Morgan fingerprint density at radius 2 is 2.15 bits per heavy atom. The minimum absolute atomic E-state index is 0.182. The summed E-state index contributed by atoms with van der Waals surface area (Å²) >= 11 is 11.8. The van der Waals surface area contributed by atoms with Gasteiger partial charge in [-0.2, -0.15) is 0 Å². The van der Waals surface area contributed by atoms with Gasteiger partial charge < -0.3 is 15.2 Å². The number of ether oxygens (including phenoxy) is 1. The molecule has 5 atom stereocenters. The van der Waals surface area contributed by atoms with Gasteiger partial charge in [-0.25, -0.2) is 4.98 Å². The summed E-state index contributed by atoms with van der Waals surface area (Å²) in [6.07, 6.45) is 2.31. The number of aryl methyl sites for hydroxylation is 1. The molecule has 2 aliphatic rings. The lowest BCUT2D eigenvalue weighted by Gasteiger charge is -2.30. The number of hydrogen-bond donors (Lipinski definition) is 2. The Morgan fingerprint density at radius 1 is 1.35 bits per heavy atom. The highest BCUT2D eigenvalue weighted by Crippen LogP contribution is 2.49. The van der Waals surface area contributed by atoms with Crippen LogP contribution in [0.3, 0.4) is 0 Å². The van der Waals surface area contributed by atoms with Crippen LogP contribution in [-0.2, 0) is 9.53 Å². The molecular formula is C18H17Cl2N3O3. The fourth-order valence-electron chi connectivity index (χ4n) is 3.93. The van der Waals surface area contributed by atoms with Crippen molar-refractivity contribution in [1.29, 1.82) is 0 Å². The Kier molecular flexibility index (Phi) is 4.61. The van der Waals surface area contributed by atoms with Gasteiger partial charge in [-0.3, -0.25) is 9.78 Å². The van der Waals surface area contributed by atoms with Crippen molar-refractivity contribution in [3.63, 3.8) is 0 Å². The van der Waals surface area contributed by atoms with E-state index >= 15 is 0 Å². The summed E-state index contributed by atoms with van der Waals surface area (Å²) in [5, 5.41) is 13.6. The standard InChI is InChI=1S/C18H17Cl2N3O3/c1-8-4-9(2-3-21-8)14-15(13-6-12(24)16(14)26-13)18(25)23-10-5-11(19)17(20)22-7-10/h2-5,7,12-16,24H,6H2,1H3,(H,23,25)/t12-,13+,14+,15+,16-/m0/s1. The summed E-state index contributed by atoms with van der Waals surface area (Å²) in [6.45, 7) is 1.89. The zero-order chi connectivity index (χ0) is 18.4. The molecule has 2 aromatic rings. The van der Waals surface area contributed by atoms with Crippen LogP contribution in [-0.4, -0.2) is 39.3 Å². The average molecular weight is 394 g/mol. The molecule has 2 aliphatic heterocycles. The Bertz CT molecular complexity index is 863. The number of hydrogen-bond acceptors (Lipinski definition) is 5. The first-order chi connectivity index (χ1) is 12.4. The van der Waals surface area contributed by atoms with Crippen molar-refractivity contribution in [2.75, 3.05) is 5.32 Å². The summed E-state index contributed by atoms with van der Waals surface area (Å²) in [7, 11) is 0. The zero-order valence-electron chi connectivity index (χ0n) is 13.9. The van der Waals surface area contributed by atoms with E-state index in [-0.39, 0.29) is 28.1 Å². The normalized spacial score (nSPS) is 29.8. The molecule has 0 aliphatic carbocycles. The van der Waals surface area contributed by atoms with Crippen molar-refractivity contribution in [3.8, 4) is 0 Å². The number of carbonyl (C=O) groups excluding carboxylic acids is 1. The predicted octanol–water partition coefficient (Wildman–Crippen LogP) is 2.96. The molecule has 2 fully saturated rings. The molecule has 0 saturated carbocycles. The van der Waals surface area contributed by atoms with E-state index in [4.69, 9.17) is 27.9 Å². The van der Waals surface area contributed by atoms with Crippen LogP contribution in [0.4, 0.5) is 5.69 Å². The van der Waals surface area contributed by atoms with Crippen molar-refractivity contribution in [3.05, 3.63) is 52.0 Å². The maximum Gasteiger partial charge on any atom is 0.230 e. The molecule has 4 rings (SSSR count). The molecule has 1 amide bonds. The third kappa shape index (κ3) is 3.07. The molecule has 26 heavy (non-hydrogen) atoms. The smallest absolute Gasteiger partial charge is 0.230 e. The Hall–Kier alpha value is -1.73. The quantitative estimate of drug-likeness (QED) is 0.782. The fourth-order valence-corrected chi connectivity index (χ4v) is 4.20. The number of halogens is 2. The first kappa shape index (κ1) is 17.7. The van der Waals surface area contributed by atoms with Crippen LogP contribution < -0.4 is 5.32 Å². The van der Waals surface area contributed by atoms with Gasteiger partial charge in [-0.1, -0.05) is 23.2 Å². The largest absolute Gasteiger partial charge is 0.390 e. The number of carbonyl (C=O) groups is 1. The topological polar surface area (TPSA) is 84.3 Å². The molecule has 2 saturated heterocycles. The number of nitrogens with one attached hydrogen (secondary N) is 1. The average Bonchev–Trinajstić information content (AvgIpc) is 3.15. The second-order valence-electron chi connectivity index (χ2n) is 6.71. The van der Waals surface area contributed by atoms with Gasteiger partial charge in [0, 0.05) is 24.2 Å². The van der Waals surface area contributed by atoms with E-state index in [1.807, 2.05) is 19.1 Å². The van der Waals surface area contributed by atoms with Crippen molar-refractivity contribution in [2.24, 2.45) is 5.92 Å². The Morgan fingerprint density at radius 3 is 2.88 bits per heavy atom. The van der Waals surface area contributed by atoms with Gasteiger partial charge in [-0.15, -0.1) is 0 Å². The minimum Gasteiger partial charge on any atom is -0.390 e. The third-order valence-electron chi connectivity index (χ3n) is 5.00. The first-order valence-corrected chi connectivity index (χ1v) is 9.07. The Labute approximate surface area is 160 Å². The van der Waals surface area contributed by atoms with Crippen LogP contribution >= 0.6 is 23.2 Å². The van der Waals surface area contributed by atoms with Gasteiger partial charge in [0.1, 0.15) is 5.15 Å². The molecular weight excluding hydrogens is 377 g/mol. The monoisotopic (exact) mass is 393 g/mol. The van der Waals surface area contributed by atoms with Crippen LogP contribution in [0, 0.1) is 12.8 Å². The number of aliphatic hydroxyl groups is 1. The fraction of sp³-hybridized carbons (Fsp3) is 0.389. The molecule has 2 bridgehead atoms. The highest BCUT2D eigenvalue weighted by molar-refractivity contribution is 6.41. The second-order valence-corrected chi connectivity index (χ2v) is 7.48.